The molecule has 2 unspecified atom stereocenters. The van der Waals surface area contributed by atoms with Gasteiger partial charge in [-0.25, -0.2) is 8.42 Å². The number of nitrogens with zero attached hydrogens (tertiary/aromatic N) is 3. The van der Waals surface area contributed by atoms with E-state index < -0.39 is 16.1 Å². The zero-order chi connectivity index (χ0) is 20.8. The normalized spacial score (nSPS) is 28.6. The molecule has 1 aromatic rings. The summed E-state index contributed by atoms with van der Waals surface area (Å²) in [6.45, 7) is 4.28. The van der Waals surface area contributed by atoms with E-state index in [0.29, 0.717) is 44.0 Å². The summed E-state index contributed by atoms with van der Waals surface area (Å²) in [4.78, 5) is 28.8. The van der Waals surface area contributed by atoms with Crippen molar-refractivity contribution in [2.45, 2.75) is 35.6 Å². The summed E-state index contributed by atoms with van der Waals surface area (Å²) in [7, 11) is -1.64. The Morgan fingerprint density at radius 3 is 2.69 bits per heavy atom. The minimum absolute atomic E-state index is 0.00375. The Hall–Kier alpha value is -1.62. The van der Waals surface area contributed by atoms with Crippen molar-refractivity contribution in [1.29, 1.82) is 0 Å². The second kappa shape index (κ2) is 7.57. The van der Waals surface area contributed by atoms with Crippen molar-refractivity contribution in [3.63, 3.8) is 0 Å². The van der Waals surface area contributed by atoms with Crippen LogP contribution in [-0.4, -0.2) is 84.2 Å². The van der Waals surface area contributed by atoms with Crippen molar-refractivity contribution in [2.24, 2.45) is 0 Å². The lowest BCUT2D eigenvalue weighted by atomic mass is 10.2. The molecule has 0 spiro atoms. The van der Waals surface area contributed by atoms with E-state index in [1.807, 2.05) is 14.0 Å². The topological polar surface area (TPSA) is 90.0 Å². The molecule has 3 fully saturated rings. The molecule has 2 amide bonds. The lowest BCUT2D eigenvalue weighted by Crippen LogP contribution is -2.48. The molecule has 1 N–H and O–H groups in total. The third kappa shape index (κ3) is 3.78. The van der Waals surface area contributed by atoms with Crippen LogP contribution >= 0.6 is 11.8 Å². The van der Waals surface area contributed by atoms with Crippen LogP contribution in [0.15, 0.2) is 29.2 Å². The number of piperazine rings is 1. The van der Waals surface area contributed by atoms with Crippen molar-refractivity contribution in [3.8, 4) is 0 Å². The van der Waals surface area contributed by atoms with Gasteiger partial charge in [0.05, 0.1) is 9.77 Å². The SMILES string of the molecule is CN1CCN(S(=O)(=O)c2cccc(NC(=O)C3CSC4(C)CCC(=O)N34)c2)CC1. The highest BCUT2D eigenvalue weighted by molar-refractivity contribution is 8.01. The Morgan fingerprint density at radius 1 is 1.24 bits per heavy atom. The van der Waals surface area contributed by atoms with E-state index in [1.165, 1.54) is 10.4 Å². The largest absolute Gasteiger partial charge is 0.324 e. The highest BCUT2D eigenvalue weighted by Crippen LogP contribution is 2.47. The average Bonchev–Trinajstić information content (AvgIpc) is 3.18. The first-order valence-electron chi connectivity index (χ1n) is 9.76. The number of thioether (sulfide) groups is 1. The fraction of sp³-hybridized carbons (Fsp3) is 0.579. The van der Waals surface area contributed by atoms with E-state index in [4.69, 9.17) is 0 Å². The van der Waals surface area contributed by atoms with Gasteiger partial charge in [-0.1, -0.05) is 6.07 Å². The van der Waals surface area contributed by atoms with E-state index in [9.17, 15) is 18.0 Å². The molecule has 29 heavy (non-hydrogen) atoms. The van der Waals surface area contributed by atoms with Crippen molar-refractivity contribution >= 4 is 39.3 Å². The molecule has 0 bridgehead atoms. The molecule has 3 saturated heterocycles. The number of nitrogens with one attached hydrogen (secondary N) is 1. The third-order valence-electron chi connectivity index (χ3n) is 5.95. The third-order valence-corrected chi connectivity index (χ3v) is 9.35. The molecular weight excluding hydrogens is 412 g/mol. The first kappa shape index (κ1) is 20.6. The molecule has 0 aliphatic carbocycles. The number of hydrogen-bond acceptors (Lipinski definition) is 6. The summed E-state index contributed by atoms with van der Waals surface area (Å²) in [6, 6.07) is 5.83. The number of benzene rings is 1. The van der Waals surface area contributed by atoms with Crippen molar-refractivity contribution < 1.29 is 18.0 Å². The van der Waals surface area contributed by atoms with E-state index >= 15 is 0 Å². The summed E-state index contributed by atoms with van der Waals surface area (Å²) in [5.74, 6) is 0.280. The highest BCUT2D eigenvalue weighted by atomic mass is 32.2. The van der Waals surface area contributed by atoms with Gasteiger partial charge in [0.25, 0.3) is 0 Å². The van der Waals surface area contributed by atoms with Crippen molar-refractivity contribution in [1.82, 2.24) is 14.1 Å². The van der Waals surface area contributed by atoms with Crippen molar-refractivity contribution in [3.05, 3.63) is 24.3 Å². The summed E-state index contributed by atoms with van der Waals surface area (Å²) >= 11 is 1.63. The summed E-state index contributed by atoms with van der Waals surface area (Å²) < 4.78 is 27.4. The average molecular weight is 439 g/mol. The van der Waals surface area contributed by atoms with Gasteiger partial charge in [-0.3, -0.25) is 9.59 Å². The fourth-order valence-electron chi connectivity index (χ4n) is 4.15. The van der Waals surface area contributed by atoms with Gasteiger partial charge >= 0.3 is 0 Å². The maximum absolute atomic E-state index is 13.0. The maximum Gasteiger partial charge on any atom is 0.248 e. The summed E-state index contributed by atoms with van der Waals surface area (Å²) in [6.07, 6.45) is 1.21. The summed E-state index contributed by atoms with van der Waals surface area (Å²) in [5, 5.41) is 2.82. The van der Waals surface area contributed by atoms with E-state index in [2.05, 4.69) is 10.2 Å². The number of carbonyl (C=O) groups is 2. The van der Waals surface area contributed by atoms with Gasteiger partial charge in [-0.2, -0.15) is 4.31 Å². The lowest BCUT2D eigenvalue weighted by molar-refractivity contribution is -0.135. The van der Waals surface area contributed by atoms with Gasteiger partial charge in [0.1, 0.15) is 6.04 Å². The van der Waals surface area contributed by atoms with Crippen LogP contribution in [-0.2, 0) is 19.6 Å². The monoisotopic (exact) mass is 438 g/mol. The van der Waals surface area contributed by atoms with Gasteiger partial charge in [0.2, 0.25) is 21.8 Å². The van der Waals surface area contributed by atoms with Crippen LogP contribution in [0.1, 0.15) is 19.8 Å². The maximum atomic E-state index is 13.0. The van der Waals surface area contributed by atoms with Crippen LogP contribution in [0.4, 0.5) is 5.69 Å². The number of likely N-dealkylation sites (N-methyl/N-ethyl adjacent to an activating group) is 1. The molecule has 8 nitrogen and oxygen atoms in total. The van der Waals surface area contributed by atoms with Crippen molar-refractivity contribution in [2.75, 3.05) is 44.3 Å². The molecule has 3 aliphatic rings. The number of carbonyl (C=O) groups excluding carboxylic acids is 2. The number of sulfonamides is 1. The minimum atomic E-state index is -3.61. The zero-order valence-corrected chi connectivity index (χ0v) is 18.3. The Balaban J connectivity index is 1.49. The van der Waals surface area contributed by atoms with E-state index in [1.54, 1.807) is 34.9 Å². The molecule has 10 heteroatoms. The Morgan fingerprint density at radius 2 is 1.97 bits per heavy atom. The fourth-order valence-corrected chi connectivity index (χ4v) is 7.05. The quantitative estimate of drug-likeness (QED) is 0.755. The van der Waals surface area contributed by atoms with Crippen LogP contribution in [0.2, 0.25) is 0 Å². The Labute approximate surface area is 175 Å². The van der Waals surface area contributed by atoms with E-state index in [-0.39, 0.29) is 21.6 Å². The minimum Gasteiger partial charge on any atom is -0.324 e. The summed E-state index contributed by atoms with van der Waals surface area (Å²) in [5.41, 5.74) is 0.426. The van der Waals surface area contributed by atoms with Crippen LogP contribution in [0.25, 0.3) is 0 Å². The van der Waals surface area contributed by atoms with Crippen LogP contribution in [0.3, 0.4) is 0 Å². The second-order valence-corrected chi connectivity index (χ2v) is 11.4. The standard InChI is InChI=1S/C19H26N4O4S2/c1-19-7-6-17(24)23(19)16(13-28-19)18(25)20-14-4-3-5-15(12-14)29(26,27)22-10-8-21(2)9-11-22/h3-5,12,16H,6-11,13H2,1-2H3,(H,20,25). The molecule has 3 heterocycles. The van der Waals surface area contributed by atoms with Crippen LogP contribution in [0, 0.1) is 0 Å². The number of fused-ring (bicyclic) bond motifs is 1. The number of rotatable bonds is 4. The molecule has 4 rings (SSSR count). The molecule has 0 saturated carbocycles. The van der Waals surface area contributed by atoms with Gasteiger partial charge < -0.3 is 15.1 Å². The molecule has 0 radical (unpaired) electrons. The van der Waals surface area contributed by atoms with E-state index in [0.717, 1.165) is 6.42 Å². The van der Waals surface area contributed by atoms with Gasteiger partial charge in [0, 0.05) is 44.0 Å². The highest BCUT2D eigenvalue weighted by Gasteiger charge is 2.52. The molecule has 3 aliphatic heterocycles. The van der Waals surface area contributed by atoms with Crippen LogP contribution < -0.4 is 5.32 Å². The van der Waals surface area contributed by atoms with Gasteiger partial charge in [-0.15, -0.1) is 11.8 Å². The Bertz CT molecular complexity index is 930. The first-order valence-corrected chi connectivity index (χ1v) is 12.2. The van der Waals surface area contributed by atoms with Gasteiger partial charge in [-0.05, 0) is 38.6 Å². The zero-order valence-electron chi connectivity index (χ0n) is 16.6. The van der Waals surface area contributed by atoms with Crippen LogP contribution in [0.5, 0.6) is 0 Å². The molecule has 158 valence electrons. The smallest absolute Gasteiger partial charge is 0.248 e. The number of anilines is 1. The first-order chi connectivity index (χ1) is 13.7. The van der Waals surface area contributed by atoms with Gasteiger partial charge in [0.15, 0.2) is 0 Å². The second-order valence-electron chi connectivity index (χ2n) is 7.99. The predicted molar refractivity (Wildman–Crippen MR) is 112 cm³/mol. The molecule has 2 atom stereocenters. The number of amides is 2. The predicted octanol–water partition coefficient (Wildman–Crippen LogP) is 1.02. The molecule has 1 aromatic carbocycles. The Kier molecular flexibility index (Phi) is 5.39. The molecular formula is C19H26N4O4S2. The molecule has 0 aromatic heterocycles. The lowest BCUT2D eigenvalue weighted by Gasteiger charge is -2.31. The number of hydrogen-bond donors (Lipinski definition) is 1.